The van der Waals surface area contributed by atoms with Gasteiger partial charge in [-0.3, -0.25) is 29.4 Å². The molecule has 1 saturated heterocycles. The van der Waals surface area contributed by atoms with E-state index in [2.05, 4.69) is 10.6 Å². The van der Waals surface area contributed by atoms with Crippen LogP contribution in [0.1, 0.15) is 40.5 Å². The first-order chi connectivity index (χ1) is 9.90. The van der Waals surface area contributed by atoms with E-state index in [1.165, 1.54) is 18.3 Å². The van der Waals surface area contributed by atoms with Gasteiger partial charge in [-0.05, 0) is 13.3 Å². The molecule has 0 aliphatic carbocycles. The molecule has 0 saturated carbocycles. The molecule has 2 N–H and O–H groups in total. The summed E-state index contributed by atoms with van der Waals surface area (Å²) in [6, 6.07) is 0. The third kappa shape index (κ3) is 1.72. The number of nitrogens with one attached hydrogen (secondary N) is 2. The van der Waals surface area contributed by atoms with Crippen LogP contribution in [0.2, 0.25) is 0 Å². The Labute approximate surface area is 124 Å². The maximum Gasteiger partial charge on any atom is 0.265 e. The summed E-state index contributed by atoms with van der Waals surface area (Å²) >= 11 is 1.27. The fraction of sp³-hybridized carbons (Fsp3) is 0.385. The van der Waals surface area contributed by atoms with Crippen LogP contribution in [0, 0.1) is 0 Å². The number of anilines is 1. The Kier molecular flexibility index (Phi) is 2.87. The van der Waals surface area contributed by atoms with Crippen LogP contribution in [-0.4, -0.2) is 41.1 Å². The summed E-state index contributed by atoms with van der Waals surface area (Å²) in [5, 5.41) is 7.28. The van der Waals surface area contributed by atoms with Crippen LogP contribution < -0.4 is 10.6 Å². The highest BCUT2D eigenvalue weighted by atomic mass is 32.1. The summed E-state index contributed by atoms with van der Waals surface area (Å²) in [7, 11) is 1.67. The van der Waals surface area contributed by atoms with Crippen molar-refractivity contribution in [3.63, 3.8) is 0 Å². The van der Waals surface area contributed by atoms with Crippen molar-refractivity contribution in [2.24, 2.45) is 0 Å². The number of amides is 4. The first kappa shape index (κ1) is 13.7. The smallest absolute Gasteiger partial charge is 0.265 e. The molecule has 3 heterocycles. The summed E-state index contributed by atoms with van der Waals surface area (Å²) in [6.45, 7) is 1.51. The predicted octanol–water partition coefficient (Wildman–Crippen LogP) is 0.581. The van der Waals surface area contributed by atoms with Gasteiger partial charge in [0, 0.05) is 18.8 Å². The Morgan fingerprint density at radius 2 is 2.00 bits per heavy atom. The zero-order chi connectivity index (χ0) is 15.4. The van der Waals surface area contributed by atoms with Gasteiger partial charge >= 0.3 is 0 Å². The van der Waals surface area contributed by atoms with Gasteiger partial charge in [-0.25, -0.2) is 0 Å². The molecule has 0 unspecified atom stereocenters. The van der Waals surface area contributed by atoms with Crippen molar-refractivity contribution < 1.29 is 19.2 Å². The number of piperidine rings is 1. The minimum Gasteiger partial charge on any atom is -0.379 e. The number of carbonyl (C=O) groups is 4. The number of fused-ring (bicyclic) bond motifs is 1. The second-order valence-corrected chi connectivity index (χ2v) is 6.08. The first-order valence-corrected chi connectivity index (χ1v) is 7.30. The SMILES string of the molecule is CNc1scc2c1C(=O)N([C@@]1(C)CCC(=O)NC1=O)C2=O. The summed E-state index contributed by atoms with van der Waals surface area (Å²) < 4.78 is 0. The second-order valence-electron chi connectivity index (χ2n) is 5.20. The van der Waals surface area contributed by atoms with Crippen LogP contribution >= 0.6 is 11.3 Å². The van der Waals surface area contributed by atoms with Gasteiger partial charge in [0.15, 0.2) is 0 Å². The molecule has 7 nitrogen and oxygen atoms in total. The average molecular weight is 307 g/mol. The van der Waals surface area contributed by atoms with Crippen molar-refractivity contribution in [2.45, 2.75) is 25.3 Å². The highest BCUT2D eigenvalue weighted by Gasteiger charge is 2.53. The van der Waals surface area contributed by atoms with Crippen molar-refractivity contribution in [1.82, 2.24) is 10.2 Å². The summed E-state index contributed by atoms with van der Waals surface area (Å²) in [5.74, 6) is -1.98. The lowest BCUT2D eigenvalue weighted by atomic mass is 9.89. The Balaban J connectivity index is 2.03. The fourth-order valence-electron chi connectivity index (χ4n) is 2.69. The molecule has 0 bridgehead atoms. The standard InChI is InChI=1S/C13H13N3O4S/c1-13(4-3-7(17)15-12(13)20)16-10(18)6-5-21-9(14-2)8(6)11(16)19/h5,14H,3-4H2,1-2H3,(H,15,17,20)/t13-/m0/s1. The Bertz CT molecular complexity index is 696. The van der Waals surface area contributed by atoms with Gasteiger partial charge in [0.25, 0.3) is 17.7 Å². The van der Waals surface area contributed by atoms with Crippen molar-refractivity contribution in [3.8, 4) is 0 Å². The number of carbonyl (C=O) groups excluding carboxylic acids is 4. The second kappa shape index (κ2) is 4.39. The molecule has 2 aliphatic rings. The molecule has 2 aliphatic heterocycles. The third-order valence-electron chi connectivity index (χ3n) is 3.94. The van der Waals surface area contributed by atoms with Crippen LogP contribution in [0.25, 0.3) is 0 Å². The lowest BCUT2D eigenvalue weighted by Crippen LogP contribution is -2.62. The van der Waals surface area contributed by atoms with Gasteiger partial charge in [-0.15, -0.1) is 11.3 Å². The summed E-state index contributed by atoms with van der Waals surface area (Å²) in [6.07, 6.45) is 0.239. The van der Waals surface area contributed by atoms with Gasteiger partial charge < -0.3 is 5.32 Å². The van der Waals surface area contributed by atoms with Crippen LogP contribution in [0.15, 0.2) is 5.38 Å². The molecule has 8 heteroatoms. The van der Waals surface area contributed by atoms with E-state index in [-0.39, 0.29) is 18.7 Å². The molecule has 1 aromatic rings. The van der Waals surface area contributed by atoms with E-state index >= 15 is 0 Å². The van der Waals surface area contributed by atoms with Crippen molar-refractivity contribution >= 4 is 40.0 Å². The molecule has 0 aromatic carbocycles. The van der Waals surface area contributed by atoms with E-state index in [1.54, 1.807) is 12.4 Å². The zero-order valence-electron chi connectivity index (χ0n) is 11.5. The maximum absolute atomic E-state index is 12.6. The number of hydrogen-bond acceptors (Lipinski definition) is 6. The number of nitrogens with zero attached hydrogens (tertiary/aromatic N) is 1. The Hall–Kier alpha value is -2.22. The van der Waals surface area contributed by atoms with Gasteiger partial charge in [-0.2, -0.15) is 0 Å². The molecular weight excluding hydrogens is 294 g/mol. The van der Waals surface area contributed by atoms with E-state index in [4.69, 9.17) is 0 Å². The minimum absolute atomic E-state index is 0.102. The summed E-state index contributed by atoms with van der Waals surface area (Å²) in [4.78, 5) is 49.5. The number of rotatable bonds is 2. The molecule has 21 heavy (non-hydrogen) atoms. The van der Waals surface area contributed by atoms with Gasteiger partial charge in [0.05, 0.1) is 11.1 Å². The highest BCUT2D eigenvalue weighted by molar-refractivity contribution is 7.15. The molecule has 0 spiro atoms. The number of hydrogen-bond donors (Lipinski definition) is 2. The normalized spacial score (nSPS) is 25.1. The molecule has 1 atom stereocenters. The van der Waals surface area contributed by atoms with Crippen molar-refractivity contribution in [1.29, 1.82) is 0 Å². The molecule has 4 amide bonds. The topological polar surface area (TPSA) is 95.6 Å². The summed E-state index contributed by atoms with van der Waals surface area (Å²) in [5.41, 5.74) is -0.720. The number of imide groups is 2. The van der Waals surface area contributed by atoms with Gasteiger partial charge in [-0.1, -0.05) is 0 Å². The van der Waals surface area contributed by atoms with E-state index in [0.717, 1.165) is 4.90 Å². The fourth-order valence-corrected chi connectivity index (χ4v) is 3.58. The van der Waals surface area contributed by atoms with E-state index in [0.29, 0.717) is 16.1 Å². The lowest BCUT2D eigenvalue weighted by Gasteiger charge is -2.38. The molecular formula is C13H13N3O4S. The molecule has 110 valence electrons. The lowest BCUT2D eigenvalue weighted by molar-refractivity contribution is -0.140. The van der Waals surface area contributed by atoms with Crippen molar-refractivity contribution in [3.05, 3.63) is 16.5 Å². The van der Waals surface area contributed by atoms with Gasteiger partial charge in [0.1, 0.15) is 10.5 Å². The molecule has 1 fully saturated rings. The highest BCUT2D eigenvalue weighted by Crippen LogP contribution is 2.39. The Morgan fingerprint density at radius 1 is 1.29 bits per heavy atom. The zero-order valence-corrected chi connectivity index (χ0v) is 12.3. The van der Waals surface area contributed by atoms with E-state index in [1.807, 2.05) is 0 Å². The largest absolute Gasteiger partial charge is 0.379 e. The van der Waals surface area contributed by atoms with Crippen LogP contribution in [0.5, 0.6) is 0 Å². The van der Waals surface area contributed by atoms with E-state index < -0.39 is 23.3 Å². The molecule has 3 rings (SSSR count). The average Bonchev–Trinajstić information content (AvgIpc) is 2.96. The van der Waals surface area contributed by atoms with Crippen LogP contribution in [0.3, 0.4) is 0 Å². The van der Waals surface area contributed by atoms with E-state index in [9.17, 15) is 19.2 Å². The molecule has 1 aromatic heterocycles. The monoisotopic (exact) mass is 307 g/mol. The van der Waals surface area contributed by atoms with Crippen molar-refractivity contribution in [2.75, 3.05) is 12.4 Å². The molecule has 0 radical (unpaired) electrons. The maximum atomic E-state index is 12.6. The van der Waals surface area contributed by atoms with Crippen LogP contribution in [-0.2, 0) is 9.59 Å². The minimum atomic E-state index is -1.33. The quantitative estimate of drug-likeness (QED) is 0.779. The Morgan fingerprint density at radius 3 is 2.62 bits per heavy atom. The van der Waals surface area contributed by atoms with Gasteiger partial charge in [0.2, 0.25) is 5.91 Å². The predicted molar refractivity (Wildman–Crippen MR) is 75.2 cm³/mol. The van der Waals surface area contributed by atoms with Crippen LogP contribution in [0.4, 0.5) is 5.00 Å². The third-order valence-corrected chi connectivity index (χ3v) is 4.94. The number of thiophene rings is 1. The first-order valence-electron chi connectivity index (χ1n) is 6.42.